The number of rotatable bonds is 9. The fraction of sp³-hybridized carbons (Fsp3) is 0.286. The molecule has 2 aromatic carbocycles. The number of hydrogen-bond acceptors (Lipinski definition) is 5. The molecule has 1 N–H and O–H groups in total. The lowest BCUT2D eigenvalue weighted by atomic mass is 10.1. The molecule has 0 radical (unpaired) electrons. The van der Waals surface area contributed by atoms with Gasteiger partial charge in [0, 0.05) is 25.8 Å². The van der Waals surface area contributed by atoms with Gasteiger partial charge in [0.15, 0.2) is 0 Å². The Bertz CT molecular complexity index is 927. The molecule has 1 amide bonds. The highest BCUT2D eigenvalue weighted by Crippen LogP contribution is 2.14. The van der Waals surface area contributed by atoms with Crippen molar-refractivity contribution >= 4 is 5.91 Å². The van der Waals surface area contributed by atoms with Gasteiger partial charge in [-0.3, -0.25) is 4.79 Å². The molecule has 0 aliphatic carbocycles. The van der Waals surface area contributed by atoms with Crippen LogP contribution in [-0.2, 0) is 30.6 Å². The van der Waals surface area contributed by atoms with E-state index in [0.29, 0.717) is 30.2 Å². The quantitative estimate of drug-likeness (QED) is 0.614. The van der Waals surface area contributed by atoms with Crippen molar-refractivity contribution in [2.45, 2.75) is 32.2 Å². The van der Waals surface area contributed by atoms with E-state index in [-0.39, 0.29) is 24.7 Å². The van der Waals surface area contributed by atoms with Crippen LogP contribution in [-0.4, -0.2) is 23.2 Å². The maximum Gasteiger partial charge on any atom is 0.220 e. The van der Waals surface area contributed by atoms with Gasteiger partial charge in [-0.2, -0.15) is 0 Å². The fourth-order valence-electron chi connectivity index (χ4n) is 2.73. The molecule has 3 rings (SSSR count). The molecule has 0 atom stereocenters. The van der Waals surface area contributed by atoms with Gasteiger partial charge in [-0.05, 0) is 41.8 Å². The SMILES string of the molecule is COc1cccc(CCc2nnc(CCC(=O)NCc3cccc(F)c3)o2)c1. The normalized spacial score (nSPS) is 10.6. The lowest BCUT2D eigenvalue weighted by molar-refractivity contribution is -0.121. The molecule has 0 saturated heterocycles. The van der Waals surface area contributed by atoms with E-state index in [0.717, 1.165) is 17.7 Å². The van der Waals surface area contributed by atoms with Gasteiger partial charge in [0.2, 0.25) is 17.7 Å². The zero-order valence-electron chi connectivity index (χ0n) is 15.7. The molecule has 6 nitrogen and oxygen atoms in total. The van der Waals surface area contributed by atoms with Crippen LogP contribution >= 0.6 is 0 Å². The predicted octanol–water partition coefficient (Wildman–Crippen LogP) is 3.25. The van der Waals surface area contributed by atoms with Crippen molar-refractivity contribution in [1.82, 2.24) is 15.5 Å². The molecule has 0 aliphatic rings. The summed E-state index contributed by atoms with van der Waals surface area (Å²) in [6.45, 7) is 0.284. The number of nitrogens with one attached hydrogen (secondary N) is 1. The number of benzene rings is 2. The maximum absolute atomic E-state index is 13.1. The minimum Gasteiger partial charge on any atom is -0.497 e. The van der Waals surface area contributed by atoms with E-state index in [1.54, 1.807) is 19.2 Å². The second-order valence-electron chi connectivity index (χ2n) is 6.35. The largest absolute Gasteiger partial charge is 0.497 e. The standard InChI is InChI=1S/C21H22FN3O3/c1-27-18-7-3-4-15(13-18)8-10-20-24-25-21(28-20)11-9-19(26)23-14-16-5-2-6-17(22)12-16/h2-7,12-13H,8-11,14H2,1H3,(H,23,26). The minimum atomic E-state index is -0.320. The van der Waals surface area contributed by atoms with E-state index in [9.17, 15) is 9.18 Å². The van der Waals surface area contributed by atoms with Crippen molar-refractivity contribution in [2.24, 2.45) is 0 Å². The number of ether oxygens (including phenoxy) is 1. The van der Waals surface area contributed by atoms with E-state index in [1.807, 2.05) is 24.3 Å². The maximum atomic E-state index is 13.1. The number of hydrogen-bond donors (Lipinski definition) is 1. The first kappa shape index (κ1) is 19.5. The monoisotopic (exact) mass is 383 g/mol. The average molecular weight is 383 g/mol. The summed E-state index contributed by atoms with van der Waals surface area (Å²) in [5.74, 6) is 1.31. The van der Waals surface area contributed by atoms with Crippen molar-refractivity contribution < 1.29 is 18.3 Å². The third-order valence-electron chi connectivity index (χ3n) is 4.22. The molecule has 3 aromatic rings. The van der Waals surface area contributed by atoms with E-state index in [2.05, 4.69) is 15.5 Å². The van der Waals surface area contributed by atoms with E-state index in [4.69, 9.17) is 9.15 Å². The zero-order chi connectivity index (χ0) is 19.8. The van der Waals surface area contributed by atoms with Crippen LogP contribution < -0.4 is 10.1 Å². The van der Waals surface area contributed by atoms with Gasteiger partial charge in [0.1, 0.15) is 11.6 Å². The molecule has 7 heteroatoms. The van der Waals surface area contributed by atoms with E-state index < -0.39 is 0 Å². The van der Waals surface area contributed by atoms with Crippen LogP contribution in [0.1, 0.15) is 29.3 Å². The van der Waals surface area contributed by atoms with Crippen molar-refractivity contribution in [3.63, 3.8) is 0 Å². The van der Waals surface area contributed by atoms with Crippen molar-refractivity contribution in [2.75, 3.05) is 7.11 Å². The Morgan fingerprint density at radius 1 is 1.04 bits per heavy atom. The molecular formula is C21H22FN3O3. The van der Waals surface area contributed by atoms with Crippen molar-refractivity contribution in [3.8, 4) is 5.75 Å². The average Bonchev–Trinajstić information content (AvgIpc) is 3.17. The van der Waals surface area contributed by atoms with Crippen LogP contribution in [0.2, 0.25) is 0 Å². The van der Waals surface area contributed by atoms with Crippen LogP contribution in [0.3, 0.4) is 0 Å². The molecule has 0 aliphatic heterocycles. The fourth-order valence-corrected chi connectivity index (χ4v) is 2.73. The number of carbonyl (C=O) groups excluding carboxylic acids is 1. The highest BCUT2D eigenvalue weighted by molar-refractivity contribution is 5.76. The van der Waals surface area contributed by atoms with Gasteiger partial charge in [0.05, 0.1) is 7.11 Å². The van der Waals surface area contributed by atoms with E-state index >= 15 is 0 Å². The van der Waals surface area contributed by atoms with Crippen LogP contribution in [0, 0.1) is 5.82 Å². The summed E-state index contributed by atoms with van der Waals surface area (Å²) < 4.78 is 23.9. The number of halogens is 1. The summed E-state index contributed by atoms with van der Waals surface area (Å²) in [6.07, 6.45) is 1.97. The Hall–Kier alpha value is -3.22. The lowest BCUT2D eigenvalue weighted by Crippen LogP contribution is -2.23. The zero-order valence-corrected chi connectivity index (χ0v) is 15.7. The molecule has 0 saturated carbocycles. The third kappa shape index (κ3) is 5.90. The topological polar surface area (TPSA) is 77.2 Å². The molecule has 0 unspecified atom stereocenters. The molecule has 28 heavy (non-hydrogen) atoms. The summed E-state index contributed by atoms with van der Waals surface area (Å²) in [5.41, 5.74) is 1.83. The Labute approximate surface area is 162 Å². The van der Waals surface area contributed by atoms with Crippen LogP contribution in [0.5, 0.6) is 5.75 Å². The first-order valence-corrected chi connectivity index (χ1v) is 9.07. The number of aryl methyl sites for hydroxylation is 3. The summed E-state index contributed by atoms with van der Waals surface area (Å²) >= 11 is 0. The molecule has 1 heterocycles. The highest BCUT2D eigenvalue weighted by atomic mass is 19.1. The molecule has 0 bridgehead atoms. The van der Waals surface area contributed by atoms with Crippen LogP contribution in [0.4, 0.5) is 4.39 Å². The Kier molecular flexibility index (Phi) is 6.73. The van der Waals surface area contributed by atoms with Crippen molar-refractivity contribution in [3.05, 3.63) is 77.3 Å². The second-order valence-corrected chi connectivity index (χ2v) is 6.35. The van der Waals surface area contributed by atoms with Gasteiger partial charge in [0.25, 0.3) is 0 Å². The van der Waals surface area contributed by atoms with Gasteiger partial charge >= 0.3 is 0 Å². The summed E-state index contributed by atoms with van der Waals surface area (Å²) in [6, 6.07) is 14.0. The number of nitrogens with zero attached hydrogens (tertiary/aromatic N) is 2. The number of aromatic nitrogens is 2. The summed E-state index contributed by atoms with van der Waals surface area (Å²) in [5, 5.41) is 10.8. The lowest BCUT2D eigenvalue weighted by Gasteiger charge is -2.04. The summed E-state index contributed by atoms with van der Waals surface area (Å²) in [4.78, 5) is 11.9. The first-order chi connectivity index (χ1) is 13.6. The van der Waals surface area contributed by atoms with Gasteiger partial charge < -0.3 is 14.5 Å². The highest BCUT2D eigenvalue weighted by Gasteiger charge is 2.10. The number of methoxy groups -OCH3 is 1. The van der Waals surface area contributed by atoms with Crippen LogP contribution in [0.15, 0.2) is 52.9 Å². The van der Waals surface area contributed by atoms with E-state index in [1.165, 1.54) is 12.1 Å². The number of carbonyl (C=O) groups is 1. The molecule has 0 fully saturated rings. The van der Waals surface area contributed by atoms with Gasteiger partial charge in [-0.25, -0.2) is 4.39 Å². The van der Waals surface area contributed by atoms with Crippen molar-refractivity contribution in [1.29, 1.82) is 0 Å². The smallest absolute Gasteiger partial charge is 0.220 e. The predicted molar refractivity (Wildman–Crippen MR) is 101 cm³/mol. The minimum absolute atomic E-state index is 0.152. The molecule has 146 valence electrons. The van der Waals surface area contributed by atoms with Gasteiger partial charge in [-0.15, -0.1) is 10.2 Å². The third-order valence-corrected chi connectivity index (χ3v) is 4.22. The molecular weight excluding hydrogens is 361 g/mol. The van der Waals surface area contributed by atoms with Gasteiger partial charge in [-0.1, -0.05) is 24.3 Å². The Balaban J connectivity index is 1.42. The molecule has 0 spiro atoms. The van der Waals surface area contributed by atoms with Crippen LogP contribution in [0.25, 0.3) is 0 Å². The number of amides is 1. The Morgan fingerprint density at radius 3 is 2.57 bits per heavy atom. The Morgan fingerprint density at radius 2 is 1.79 bits per heavy atom. The first-order valence-electron chi connectivity index (χ1n) is 9.07. The summed E-state index contributed by atoms with van der Waals surface area (Å²) in [7, 11) is 1.64. The molecule has 1 aromatic heterocycles. The second kappa shape index (κ2) is 9.64.